The molecule has 1 unspecified atom stereocenters. The van der Waals surface area contributed by atoms with E-state index in [1.807, 2.05) is 42.8 Å². The van der Waals surface area contributed by atoms with Gasteiger partial charge in [-0.3, -0.25) is 4.90 Å². The Morgan fingerprint density at radius 2 is 1.80 bits per heavy atom. The van der Waals surface area contributed by atoms with Gasteiger partial charge in [0.2, 0.25) is 0 Å². The summed E-state index contributed by atoms with van der Waals surface area (Å²) in [6, 6.07) is 8.56. The predicted molar refractivity (Wildman–Crippen MR) is 97.2 cm³/mol. The molecule has 0 aliphatic carbocycles. The average Bonchev–Trinajstić information content (AvgIpc) is 3.14. The molecule has 2 aromatic heterocycles. The molecule has 0 saturated carbocycles. The quantitative estimate of drug-likeness (QED) is 0.733. The molecule has 0 N–H and O–H groups in total. The third-order valence-corrected chi connectivity index (χ3v) is 5.04. The monoisotopic (exact) mass is 336 g/mol. The fourth-order valence-electron chi connectivity index (χ4n) is 3.71. The second-order valence-electron chi connectivity index (χ2n) is 6.90. The normalized spacial score (nSPS) is 18.3. The Bertz CT molecular complexity index is 900. The van der Waals surface area contributed by atoms with Crippen molar-refractivity contribution >= 4 is 11.0 Å². The summed E-state index contributed by atoms with van der Waals surface area (Å²) in [4.78, 5) is 16.5. The molecule has 3 aromatic rings. The number of hydrogen-bond donors (Lipinski definition) is 0. The lowest BCUT2D eigenvalue weighted by Crippen LogP contribution is -2.33. The fourth-order valence-corrected chi connectivity index (χ4v) is 3.71. The number of hydrogen-bond acceptors (Lipinski definition) is 5. The van der Waals surface area contributed by atoms with Gasteiger partial charge in [-0.25, -0.2) is 19.6 Å². The zero-order valence-corrected chi connectivity index (χ0v) is 15.1. The molecule has 1 aromatic carbocycles. The van der Waals surface area contributed by atoms with Crippen LogP contribution in [0.1, 0.15) is 35.9 Å². The van der Waals surface area contributed by atoms with E-state index in [-0.39, 0.29) is 0 Å². The first-order chi connectivity index (χ1) is 12.1. The maximum absolute atomic E-state index is 4.86. The van der Waals surface area contributed by atoms with Gasteiger partial charge in [0, 0.05) is 12.6 Å². The minimum Gasteiger partial charge on any atom is -0.293 e. The molecule has 4 rings (SSSR count). The Morgan fingerprint density at radius 3 is 2.52 bits per heavy atom. The van der Waals surface area contributed by atoms with E-state index >= 15 is 0 Å². The molecule has 1 atom stereocenters. The number of aryl methyl sites for hydroxylation is 3. The largest absolute Gasteiger partial charge is 0.293 e. The third kappa shape index (κ3) is 3.26. The molecule has 0 amide bonds. The zero-order valence-electron chi connectivity index (χ0n) is 15.1. The summed E-state index contributed by atoms with van der Waals surface area (Å²) in [6.07, 6.45) is 2.41. The summed E-state index contributed by atoms with van der Waals surface area (Å²) in [5.41, 5.74) is 4.05. The Labute approximate surface area is 147 Å². The van der Waals surface area contributed by atoms with Crippen LogP contribution < -0.4 is 0 Å². The minimum atomic E-state index is 0.479. The lowest BCUT2D eigenvalue weighted by Gasteiger charge is -2.24. The molecule has 1 saturated heterocycles. The highest BCUT2D eigenvalue weighted by Gasteiger charge is 2.26. The van der Waals surface area contributed by atoms with Crippen molar-refractivity contribution in [2.24, 2.45) is 0 Å². The summed E-state index contributed by atoms with van der Waals surface area (Å²) in [7, 11) is 0. The Hall–Kier alpha value is -2.34. The van der Waals surface area contributed by atoms with Gasteiger partial charge in [-0.2, -0.15) is 5.10 Å². The Kier molecular flexibility index (Phi) is 4.21. The molecule has 1 aliphatic heterocycles. The summed E-state index contributed by atoms with van der Waals surface area (Å²) in [5, 5.41) is 4.52. The van der Waals surface area contributed by atoms with Crippen molar-refractivity contribution in [3.8, 4) is 0 Å². The summed E-state index contributed by atoms with van der Waals surface area (Å²) in [6.45, 7) is 8.88. The molecule has 0 bridgehead atoms. The van der Waals surface area contributed by atoms with Crippen molar-refractivity contribution in [1.82, 2.24) is 29.6 Å². The molecule has 3 heterocycles. The van der Waals surface area contributed by atoms with E-state index in [0.717, 1.165) is 53.7 Å². The van der Waals surface area contributed by atoms with Crippen LogP contribution in [0.15, 0.2) is 24.3 Å². The van der Waals surface area contributed by atoms with Crippen molar-refractivity contribution in [3.63, 3.8) is 0 Å². The van der Waals surface area contributed by atoms with Crippen LogP contribution in [0.4, 0.5) is 0 Å². The van der Waals surface area contributed by atoms with Gasteiger partial charge in [-0.05, 0) is 52.3 Å². The summed E-state index contributed by atoms with van der Waals surface area (Å²) in [5.74, 6) is 1.84. The van der Waals surface area contributed by atoms with Gasteiger partial charge < -0.3 is 0 Å². The van der Waals surface area contributed by atoms with Gasteiger partial charge in [0.25, 0.3) is 0 Å². The molecule has 1 fully saturated rings. The topological polar surface area (TPSA) is 59.7 Å². The lowest BCUT2D eigenvalue weighted by atomic mass is 10.2. The molecule has 130 valence electrons. The van der Waals surface area contributed by atoms with E-state index in [1.165, 1.54) is 12.8 Å². The Morgan fingerprint density at radius 1 is 1.04 bits per heavy atom. The van der Waals surface area contributed by atoms with Crippen LogP contribution in [0.25, 0.3) is 11.0 Å². The first-order valence-corrected chi connectivity index (χ1v) is 8.94. The second-order valence-corrected chi connectivity index (χ2v) is 6.90. The van der Waals surface area contributed by atoms with E-state index in [4.69, 9.17) is 9.97 Å². The maximum atomic E-state index is 4.86. The summed E-state index contributed by atoms with van der Waals surface area (Å²) >= 11 is 0. The maximum Gasteiger partial charge on any atom is 0.147 e. The van der Waals surface area contributed by atoms with Gasteiger partial charge in [0.05, 0.1) is 29.0 Å². The highest BCUT2D eigenvalue weighted by atomic mass is 15.4. The summed E-state index contributed by atoms with van der Waals surface area (Å²) < 4.78 is 2.04. The number of benzene rings is 1. The van der Waals surface area contributed by atoms with E-state index < -0.39 is 0 Å². The third-order valence-electron chi connectivity index (χ3n) is 5.04. The highest BCUT2D eigenvalue weighted by Crippen LogP contribution is 2.23. The highest BCUT2D eigenvalue weighted by molar-refractivity contribution is 5.74. The van der Waals surface area contributed by atoms with Crippen LogP contribution >= 0.6 is 0 Å². The molecule has 25 heavy (non-hydrogen) atoms. The predicted octanol–water partition coefficient (Wildman–Crippen LogP) is 2.81. The molecular weight excluding hydrogens is 312 g/mol. The van der Waals surface area contributed by atoms with Crippen LogP contribution in [0.5, 0.6) is 0 Å². The van der Waals surface area contributed by atoms with Gasteiger partial charge in [0.1, 0.15) is 11.6 Å². The van der Waals surface area contributed by atoms with Crippen molar-refractivity contribution in [1.29, 1.82) is 0 Å². The number of fused-ring (bicyclic) bond motifs is 1. The first-order valence-electron chi connectivity index (χ1n) is 8.94. The molecule has 0 radical (unpaired) electrons. The standard InChI is InChI=1S/C19H24N6/c1-13-19(22-18-9-5-4-8-17(18)20-13)12-24-10-6-7-16(24)11-25-15(3)21-14(2)23-25/h4-5,8-9,16H,6-7,10-12H2,1-3H3. The lowest BCUT2D eigenvalue weighted by molar-refractivity contribution is 0.215. The van der Waals surface area contributed by atoms with Crippen molar-refractivity contribution < 1.29 is 0 Å². The molecule has 6 heteroatoms. The van der Waals surface area contributed by atoms with Crippen LogP contribution in [0.3, 0.4) is 0 Å². The molecule has 6 nitrogen and oxygen atoms in total. The van der Waals surface area contributed by atoms with E-state index in [2.05, 4.69) is 21.9 Å². The second kappa shape index (κ2) is 6.52. The number of likely N-dealkylation sites (tertiary alicyclic amines) is 1. The van der Waals surface area contributed by atoms with E-state index in [9.17, 15) is 0 Å². The van der Waals surface area contributed by atoms with Gasteiger partial charge in [-0.15, -0.1) is 0 Å². The van der Waals surface area contributed by atoms with Crippen LogP contribution in [0.2, 0.25) is 0 Å². The number of para-hydroxylation sites is 2. The molecule has 1 aliphatic rings. The minimum absolute atomic E-state index is 0.479. The fraction of sp³-hybridized carbons (Fsp3) is 0.474. The number of rotatable bonds is 4. The van der Waals surface area contributed by atoms with Crippen LogP contribution in [-0.2, 0) is 13.1 Å². The smallest absolute Gasteiger partial charge is 0.147 e. The average molecular weight is 336 g/mol. The number of nitrogens with zero attached hydrogens (tertiary/aromatic N) is 6. The van der Waals surface area contributed by atoms with Gasteiger partial charge in [0.15, 0.2) is 0 Å². The number of aromatic nitrogens is 5. The van der Waals surface area contributed by atoms with Crippen LogP contribution in [0, 0.1) is 20.8 Å². The molecular formula is C19H24N6. The van der Waals surface area contributed by atoms with Gasteiger partial charge >= 0.3 is 0 Å². The first kappa shape index (κ1) is 16.1. The SMILES string of the molecule is Cc1nc(C)n(CC2CCCN2Cc2nc3ccccc3nc2C)n1. The van der Waals surface area contributed by atoms with Gasteiger partial charge in [-0.1, -0.05) is 12.1 Å². The zero-order chi connectivity index (χ0) is 17.4. The van der Waals surface area contributed by atoms with Crippen molar-refractivity contribution in [3.05, 3.63) is 47.3 Å². The van der Waals surface area contributed by atoms with E-state index in [0.29, 0.717) is 6.04 Å². The molecule has 0 spiro atoms. The van der Waals surface area contributed by atoms with Crippen molar-refractivity contribution in [2.45, 2.75) is 52.7 Å². The van der Waals surface area contributed by atoms with Crippen LogP contribution in [-0.4, -0.2) is 42.2 Å². The van der Waals surface area contributed by atoms with E-state index in [1.54, 1.807) is 0 Å². The Balaban J connectivity index is 1.55. The van der Waals surface area contributed by atoms with Crippen molar-refractivity contribution in [2.75, 3.05) is 6.54 Å².